The van der Waals surface area contributed by atoms with Gasteiger partial charge in [0.05, 0.1) is 13.2 Å². The van der Waals surface area contributed by atoms with E-state index in [1.54, 1.807) is 20.1 Å². The van der Waals surface area contributed by atoms with Crippen molar-refractivity contribution in [2.75, 3.05) is 32.1 Å². The molecule has 1 amide bonds. The number of anilines is 1. The molecule has 7 nitrogen and oxygen atoms in total. The average Bonchev–Trinajstić information content (AvgIpc) is 3.19. The van der Waals surface area contributed by atoms with Gasteiger partial charge in [0.2, 0.25) is 0 Å². The van der Waals surface area contributed by atoms with E-state index in [2.05, 4.69) is 20.6 Å². The number of amides is 1. The molecule has 1 fully saturated rings. The van der Waals surface area contributed by atoms with Crippen molar-refractivity contribution in [1.29, 1.82) is 0 Å². The Morgan fingerprint density at radius 3 is 2.96 bits per heavy atom. The van der Waals surface area contributed by atoms with Crippen molar-refractivity contribution < 1.29 is 14.3 Å². The van der Waals surface area contributed by atoms with Crippen LogP contribution in [0.1, 0.15) is 34.7 Å². The van der Waals surface area contributed by atoms with Crippen molar-refractivity contribution in [2.45, 2.75) is 32.3 Å². The number of nitrogens with zero attached hydrogens (tertiary/aromatic N) is 2. The van der Waals surface area contributed by atoms with E-state index in [-0.39, 0.29) is 12.0 Å². The molecule has 0 radical (unpaired) electrons. The van der Waals surface area contributed by atoms with Gasteiger partial charge in [0, 0.05) is 25.8 Å². The molecule has 27 heavy (non-hydrogen) atoms. The molecule has 1 unspecified atom stereocenters. The number of nitrogens with one attached hydrogen (secondary N) is 2. The van der Waals surface area contributed by atoms with E-state index in [4.69, 9.17) is 9.47 Å². The van der Waals surface area contributed by atoms with Gasteiger partial charge in [0.25, 0.3) is 5.91 Å². The molecule has 0 bridgehead atoms. The van der Waals surface area contributed by atoms with Crippen LogP contribution >= 0.6 is 0 Å². The standard InChI is InChI=1S/C20H26N4O3/c1-14-23-17(20(25)22-13-16-7-5-11-27-16)12-19(24-14)21-10-9-15-6-3-4-8-18(15)26-2/h3-4,6,8,12,16H,5,7,9-11,13H2,1-2H3,(H,22,25)(H,21,23,24). The van der Waals surface area contributed by atoms with Crippen LogP contribution in [0, 0.1) is 6.92 Å². The number of hydrogen-bond acceptors (Lipinski definition) is 6. The van der Waals surface area contributed by atoms with Crippen LogP contribution in [-0.4, -0.2) is 48.8 Å². The lowest BCUT2D eigenvalue weighted by Crippen LogP contribution is -2.32. The van der Waals surface area contributed by atoms with Crippen molar-refractivity contribution in [1.82, 2.24) is 15.3 Å². The molecule has 1 aliphatic heterocycles. The second-order valence-electron chi connectivity index (χ2n) is 6.52. The molecule has 2 aromatic rings. The lowest BCUT2D eigenvalue weighted by molar-refractivity contribution is 0.0853. The van der Waals surface area contributed by atoms with Gasteiger partial charge in [-0.25, -0.2) is 9.97 Å². The van der Waals surface area contributed by atoms with E-state index in [1.165, 1.54) is 0 Å². The fourth-order valence-electron chi connectivity index (χ4n) is 3.11. The molecule has 3 rings (SSSR count). The number of aryl methyl sites for hydroxylation is 1. The van der Waals surface area contributed by atoms with Crippen LogP contribution in [0.4, 0.5) is 5.82 Å². The van der Waals surface area contributed by atoms with Crippen LogP contribution in [0.5, 0.6) is 5.75 Å². The van der Waals surface area contributed by atoms with Crippen LogP contribution in [-0.2, 0) is 11.2 Å². The topological polar surface area (TPSA) is 85.4 Å². The van der Waals surface area contributed by atoms with Crippen LogP contribution in [0.15, 0.2) is 30.3 Å². The van der Waals surface area contributed by atoms with Crippen LogP contribution in [0.3, 0.4) is 0 Å². The number of hydrogen-bond donors (Lipinski definition) is 2. The maximum atomic E-state index is 12.4. The highest BCUT2D eigenvalue weighted by molar-refractivity contribution is 5.92. The molecule has 1 saturated heterocycles. The summed E-state index contributed by atoms with van der Waals surface area (Å²) < 4.78 is 10.9. The Balaban J connectivity index is 1.56. The minimum absolute atomic E-state index is 0.107. The number of rotatable bonds is 8. The summed E-state index contributed by atoms with van der Waals surface area (Å²) in [4.78, 5) is 21.0. The number of ether oxygens (including phenoxy) is 2. The predicted molar refractivity (Wildman–Crippen MR) is 103 cm³/mol. The fourth-order valence-corrected chi connectivity index (χ4v) is 3.11. The van der Waals surface area contributed by atoms with Gasteiger partial charge in [0.15, 0.2) is 0 Å². The minimum atomic E-state index is -0.205. The molecule has 1 aliphatic rings. The lowest BCUT2D eigenvalue weighted by Gasteiger charge is -2.12. The Bertz CT molecular complexity index is 776. The van der Waals surface area contributed by atoms with E-state index >= 15 is 0 Å². The SMILES string of the molecule is COc1ccccc1CCNc1cc(C(=O)NCC2CCCO2)nc(C)n1. The molecule has 0 aliphatic carbocycles. The summed E-state index contributed by atoms with van der Waals surface area (Å²) >= 11 is 0. The number of carbonyl (C=O) groups excluding carboxylic acids is 1. The number of para-hydroxylation sites is 1. The molecule has 0 spiro atoms. The van der Waals surface area contributed by atoms with Crippen LogP contribution < -0.4 is 15.4 Å². The highest BCUT2D eigenvalue weighted by Gasteiger charge is 2.17. The van der Waals surface area contributed by atoms with E-state index in [1.807, 2.05) is 24.3 Å². The zero-order valence-electron chi connectivity index (χ0n) is 15.8. The summed E-state index contributed by atoms with van der Waals surface area (Å²) in [7, 11) is 1.67. The average molecular weight is 370 g/mol. The van der Waals surface area contributed by atoms with Gasteiger partial charge in [-0.1, -0.05) is 18.2 Å². The normalized spacial score (nSPS) is 16.1. The van der Waals surface area contributed by atoms with Gasteiger partial charge in [-0.15, -0.1) is 0 Å². The van der Waals surface area contributed by atoms with E-state index in [0.717, 1.165) is 37.2 Å². The Kier molecular flexibility index (Phi) is 6.59. The van der Waals surface area contributed by atoms with Gasteiger partial charge < -0.3 is 20.1 Å². The smallest absolute Gasteiger partial charge is 0.270 e. The molecule has 2 heterocycles. The zero-order chi connectivity index (χ0) is 19.1. The highest BCUT2D eigenvalue weighted by Crippen LogP contribution is 2.18. The monoisotopic (exact) mass is 370 g/mol. The Hall–Kier alpha value is -2.67. The third kappa shape index (κ3) is 5.40. The maximum Gasteiger partial charge on any atom is 0.270 e. The third-order valence-corrected chi connectivity index (χ3v) is 4.48. The van der Waals surface area contributed by atoms with E-state index < -0.39 is 0 Å². The van der Waals surface area contributed by atoms with Gasteiger partial charge in [-0.05, 0) is 37.8 Å². The highest BCUT2D eigenvalue weighted by atomic mass is 16.5. The third-order valence-electron chi connectivity index (χ3n) is 4.48. The lowest BCUT2D eigenvalue weighted by atomic mass is 10.1. The largest absolute Gasteiger partial charge is 0.496 e. The summed E-state index contributed by atoms with van der Waals surface area (Å²) in [6, 6.07) is 9.60. The fraction of sp³-hybridized carbons (Fsp3) is 0.450. The Morgan fingerprint density at radius 1 is 1.33 bits per heavy atom. The number of carbonyl (C=O) groups is 1. The molecule has 1 atom stereocenters. The predicted octanol–water partition coefficient (Wildman–Crippen LogP) is 2.36. The van der Waals surface area contributed by atoms with Crippen LogP contribution in [0.2, 0.25) is 0 Å². The van der Waals surface area contributed by atoms with Crippen molar-refractivity contribution in [3.8, 4) is 5.75 Å². The van der Waals surface area contributed by atoms with Gasteiger partial charge in [-0.2, -0.15) is 0 Å². The summed E-state index contributed by atoms with van der Waals surface area (Å²) in [6.45, 7) is 3.74. The van der Waals surface area contributed by atoms with Crippen LogP contribution in [0.25, 0.3) is 0 Å². The Labute approximate surface area is 159 Å². The molecule has 144 valence electrons. The maximum absolute atomic E-state index is 12.4. The summed E-state index contributed by atoms with van der Waals surface area (Å²) in [6.07, 6.45) is 2.93. The molecule has 2 N–H and O–H groups in total. The second-order valence-corrected chi connectivity index (χ2v) is 6.52. The zero-order valence-corrected chi connectivity index (χ0v) is 15.8. The van der Waals surface area contributed by atoms with Crippen molar-refractivity contribution in [2.24, 2.45) is 0 Å². The van der Waals surface area contributed by atoms with Crippen molar-refractivity contribution >= 4 is 11.7 Å². The molecule has 7 heteroatoms. The van der Waals surface area contributed by atoms with Crippen molar-refractivity contribution in [3.05, 3.63) is 47.4 Å². The molecule has 1 aromatic carbocycles. The van der Waals surface area contributed by atoms with Gasteiger partial charge in [-0.3, -0.25) is 4.79 Å². The van der Waals surface area contributed by atoms with Gasteiger partial charge >= 0.3 is 0 Å². The Morgan fingerprint density at radius 2 is 2.19 bits per heavy atom. The number of aromatic nitrogens is 2. The summed E-state index contributed by atoms with van der Waals surface area (Å²) in [5.74, 6) is 1.86. The minimum Gasteiger partial charge on any atom is -0.496 e. The first-order valence-corrected chi connectivity index (χ1v) is 9.27. The quantitative estimate of drug-likeness (QED) is 0.742. The summed E-state index contributed by atoms with van der Waals surface area (Å²) in [5, 5.41) is 6.16. The molecular weight excluding hydrogens is 344 g/mol. The first kappa shape index (κ1) is 19.1. The number of methoxy groups -OCH3 is 1. The number of benzene rings is 1. The van der Waals surface area contributed by atoms with E-state index in [9.17, 15) is 4.79 Å². The first-order chi connectivity index (χ1) is 13.2. The van der Waals surface area contributed by atoms with E-state index in [0.29, 0.717) is 30.4 Å². The van der Waals surface area contributed by atoms with Crippen molar-refractivity contribution in [3.63, 3.8) is 0 Å². The second kappa shape index (κ2) is 9.32. The first-order valence-electron chi connectivity index (χ1n) is 9.27. The summed E-state index contributed by atoms with van der Waals surface area (Å²) in [5.41, 5.74) is 1.48. The van der Waals surface area contributed by atoms with Gasteiger partial charge in [0.1, 0.15) is 23.1 Å². The molecule has 0 saturated carbocycles. The molecular formula is C20H26N4O3. The molecule has 1 aromatic heterocycles.